The Labute approximate surface area is 140 Å². The molecule has 1 aromatic heterocycles. The number of aromatic nitrogens is 2. The highest BCUT2D eigenvalue weighted by atomic mass is 15.3. The third-order valence-electron chi connectivity index (χ3n) is 5.65. The normalized spacial score (nSPS) is 26.0. The van der Waals surface area contributed by atoms with E-state index in [1.54, 1.807) is 0 Å². The minimum Gasteiger partial charge on any atom is -0.380 e. The van der Waals surface area contributed by atoms with E-state index in [1.165, 1.54) is 32.1 Å². The first kappa shape index (κ1) is 16.5. The van der Waals surface area contributed by atoms with E-state index in [0.717, 1.165) is 43.1 Å². The van der Waals surface area contributed by atoms with Gasteiger partial charge in [0.15, 0.2) is 0 Å². The molecule has 0 aromatic carbocycles. The summed E-state index contributed by atoms with van der Waals surface area (Å²) in [4.78, 5) is 11.5. The second kappa shape index (κ2) is 7.47. The van der Waals surface area contributed by atoms with Crippen molar-refractivity contribution in [2.24, 2.45) is 23.5 Å². The molecular formula is C18H31N5. The number of rotatable bonds is 5. The van der Waals surface area contributed by atoms with Crippen LogP contribution in [0.5, 0.6) is 0 Å². The van der Waals surface area contributed by atoms with E-state index in [9.17, 15) is 0 Å². The molecule has 2 unspecified atom stereocenters. The van der Waals surface area contributed by atoms with E-state index in [0.29, 0.717) is 12.0 Å². The van der Waals surface area contributed by atoms with Crippen molar-refractivity contribution >= 4 is 11.6 Å². The fourth-order valence-corrected chi connectivity index (χ4v) is 3.98. The van der Waals surface area contributed by atoms with E-state index in [4.69, 9.17) is 5.73 Å². The van der Waals surface area contributed by atoms with Crippen LogP contribution in [0.1, 0.15) is 46.0 Å². The Morgan fingerprint density at radius 3 is 2.43 bits per heavy atom. The Balaban J connectivity index is 1.52. The lowest BCUT2D eigenvalue weighted by Gasteiger charge is -2.33. The average Bonchev–Trinajstić information content (AvgIpc) is 3.03. The lowest BCUT2D eigenvalue weighted by atomic mass is 9.87. The maximum absolute atomic E-state index is 5.76. The van der Waals surface area contributed by atoms with Crippen LogP contribution in [-0.4, -0.2) is 35.6 Å². The average molecular weight is 317 g/mol. The molecule has 1 aliphatic carbocycles. The number of hydrogen-bond donors (Lipinski definition) is 2. The van der Waals surface area contributed by atoms with Gasteiger partial charge in [0.05, 0.1) is 18.1 Å². The van der Waals surface area contributed by atoms with E-state index < -0.39 is 0 Å². The van der Waals surface area contributed by atoms with Crippen LogP contribution in [0.25, 0.3) is 0 Å². The molecular weight excluding hydrogens is 286 g/mol. The summed E-state index contributed by atoms with van der Waals surface area (Å²) in [7, 11) is 0. The maximum Gasteiger partial charge on any atom is 0.225 e. The van der Waals surface area contributed by atoms with Gasteiger partial charge in [-0.05, 0) is 56.4 Å². The number of nitrogens with two attached hydrogens (primary N) is 1. The first-order chi connectivity index (χ1) is 11.2. The van der Waals surface area contributed by atoms with Crippen molar-refractivity contribution in [2.45, 2.75) is 52.0 Å². The number of hydrogen-bond acceptors (Lipinski definition) is 5. The predicted octanol–water partition coefficient (Wildman–Crippen LogP) is 2.89. The van der Waals surface area contributed by atoms with Gasteiger partial charge >= 0.3 is 0 Å². The summed E-state index contributed by atoms with van der Waals surface area (Å²) >= 11 is 0. The molecule has 128 valence electrons. The van der Waals surface area contributed by atoms with E-state index in [1.807, 2.05) is 12.4 Å². The van der Waals surface area contributed by atoms with Crippen molar-refractivity contribution < 1.29 is 0 Å². The zero-order valence-corrected chi connectivity index (χ0v) is 14.5. The van der Waals surface area contributed by atoms with Gasteiger partial charge in [0.1, 0.15) is 0 Å². The summed E-state index contributed by atoms with van der Waals surface area (Å²) < 4.78 is 0. The zero-order chi connectivity index (χ0) is 16.2. The topological polar surface area (TPSA) is 67.1 Å². The van der Waals surface area contributed by atoms with Crippen molar-refractivity contribution in [1.82, 2.24) is 9.97 Å². The van der Waals surface area contributed by atoms with E-state index >= 15 is 0 Å². The van der Waals surface area contributed by atoms with Gasteiger partial charge < -0.3 is 16.0 Å². The fraction of sp³-hybridized carbons (Fsp3) is 0.778. The second-order valence-corrected chi connectivity index (χ2v) is 7.60. The highest BCUT2D eigenvalue weighted by Crippen LogP contribution is 2.28. The summed E-state index contributed by atoms with van der Waals surface area (Å²) in [5.74, 6) is 3.19. The minimum absolute atomic E-state index is 0.528. The molecule has 2 aliphatic rings. The monoisotopic (exact) mass is 317 g/mol. The summed E-state index contributed by atoms with van der Waals surface area (Å²) in [6.45, 7) is 7.62. The lowest BCUT2D eigenvalue weighted by Crippen LogP contribution is -2.36. The van der Waals surface area contributed by atoms with Crippen LogP contribution >= 0.6 is 0 Å². The van der Waals surface area contributed by atoms with Crippen LogP contribution in [0.2, 0.25) is 0 Å². The highest BCUT2D eigenvalue weighted by Gasteiger charge is 2.24. The Hall–Kier alpha value is -1.36. The minimum atomic E-state index is 0.528. The molecule has 5 nitrogen and oxygen atoms in total. The number of anilines is 2. The summed E-state index contributed by atoms with van der Waals surface area (Å²) in [5.41, 5.74) is 6.80. The third kappa shape index (κ3) is 4.14. The standard InChI is InChI=1S/C18H31N5/c1-13(2)15-5-7-23(8-6-15)18-20-11-17(12-21-18)22-16-4-3-14(9-16)10-19/h11-16,22H,3-10,19H2,1-2H3. The molecule has 2 atom stereocenters. The molecule has 0 amide bonds. The van der Waals surface area contributed by atoms with Gasteiger partial charge in [0, 0.05) is 19.1 Å². The van der Waals surface area contributed by atoms with Crippen LogP contribution in [-0.2, 0) is 0 Å². The molecule has 1 saturated heterocycles. The Morgan fingerprint density at radius 1 is 1.17 bits per heavy atom. The molecule has 1 aliphatic heterocycles. The van der Waals surface area contributed by atoms with E-state index in [2.05, 4.69) is 34.0 Å². The number of nitrogens with one attached hydrogen (secondary N) is 1. The van der Waals surface area contributed by atoms with Gasteiger partial charge in [-0.15, -0.1) is 0 Å². The molecule has 3 rings (SSSR count). The van der Waals surface area contributed by atoms with Crippen molar-refractivity contribution in [1.29, 1.82) is 0 Å². The Kier molecular flexibility index (Phi) is 5.36. The molecule has 2 heterocycles. The number of piperidine rings is 1. The first-order valence-electron chi connectivity index (χ1n) is 9.19. The molecule has 1 aromatic rings. The SMILES string of the molecule is CC(C)C1CCN(c2ncc(NC3CCC(CN)C3)cn2)CC1. The zero-order valence-electron chi connectivity index (χ0n) is 14.5. The highest BCUT2D eigenvalue weighted by molar-refractivity contribution is 5.43. The first-order valence-corrected chi connectivity index (χ1v) is 9.19. The summed E-state index contributed by atoms with van der Waals surface area (Å²) in [5, 5.41) is 3.56. The maximum atomic E-state index is 5.76. The fourth-order valence-electron chi connectivity index (χ4n) is 3.98. The van der Waals surface area contributed by atoms with Gasteiger partial charge in [0.2, 0.25) is 5.95 Å². The van der Waals surface area contributed by atoms with Gasteiger partial charge in [-0.2, -0.15) is 0 Å². The number of nitrogens with zero attached hydrogens (tertiary/aromatic N) is 3. The molecule has 5 heteroatoms. The molecule has 2 fully saturated rings. The Bertz CT molecular complexity index is 479. The van der Waals surface area contributed by atoms with Crippen molar-refractivity contribution in [3.8, 4) is 0 Å². The van der Waals surface area contributed by atoms with Gasteiger partial charge in [-0.1, -0.05) is 13.8 Å². The molecule has 0 spiro atoms. The van der Waals surface area contributed by atoms with E-state index in [-0.39, 0.29) is 0 Å². The van der Waals surface area contributed by atoms with Crippen molar-refractivity contribution in [2.75, 3.05) is 29.9 Å². The molecule has 23 heavy (non-hydrogen) atoms. The molecule has 1 saturated carbocycles. The largest absolute Gasteiger partial charge is 0.380 e. The predicted molar refractivity (Wildman–Crippen MR) is 95.6 cm³/mol. The quantitative estimate of drug-likeness (QED) is 0.874. The van der Waals surface area contributed by atoms with Crippen LogP contribution in [0.3, 0.4) is 0 Å². The molecule has 0 bridgehead atoms. The van der Waals surface area contributed by atoms with Gasteiger partial charge in [-0.25, -0.2) is 9.97 Å². The molecule has 0 radical (unpaired) electrons. The van der Waals surface area contributed by atoms with Crippen LogP contribution in [0.4, 0.5) is 11.6 Å². The third-order valence-corrected chi connectivity index (χ3v) is 5.65. The summed E-state index contributed by atoms with van der Waals surface area (Å²) in [6, 6.07) is 0.528. The second-order valence-electron chi connectivity index (χ2n) is 7.60. The lowest BCUT2D eigenvalue weighted by molar-refractivity contribution is 0.310. The van der Waals surface area contributed by atoms with Gasteiger partial charge in [0.25, 0.3) is 0 Å². The van der Waals surface area contributed by atoms with Crippen molar-refractivity contribution in [3.05, 3.63) is 12.4 Å². The Morgan fingerprint density at radius 2 is 1.87 bits per heavy atom. The van der Waals surface area contributed by atoms with Crippen LogP contribution in [0, 0.1) is 17.8 Å². The smallest absolute Gasteiger partial charge is 0.225 e. The molecule has 3 N–H and O–H groups in total. The van der Waals surface area contributed by atoms with Crippen LogP contribution in [0.15, 0.2) is 12.4 Å². The summed E-state index contributed by atoms with van der Waals surface area (Å²) in [6.07, 6.45) is 9.98. The van der Waals surface area contributed by atoms with Gasteiger partial charge in [-0.3, -0.25) is 0 Å². The van der Waals surface area contributed by atoms with Crippen molar-refractivity contribution in [3.63, 3.8) is 0 Å². The van der Waals surface area contributed by atoms with Crippen LogP contribution < -0.4 is 16.0 Å².